The number of amides is 2. The number of benzene rings is 3. The molecule has 5 heteroatoms. The summed E-state index contributed by atoms with van der Waals surface area (Å²) < 4.78 is 13.5. The van der Waals surface area contributed by atoms with Crippen LogP contribution in [-0.4, -0.2) is 11.8 Å². The Balaban J connectivity index is 1.77. The number of halogens is 1. The van der Waals surface area contributed by atoms with Crippen LogP contribution in [0.1, 0.15) is 36.5 Å². The molecule has 2 amide bonds. The Labute approximate surface area is 181 Å². The van der Waals surface area contributed by atoms with Crippen molar-refractivity contribution < 1.29 is 14.0 Å². The average molecular weight is 414 g/mol. The number of rotatable bonds is 5. The first kappa shape index (κ1) is 20.5. The smallest absolute Gasteiger partial charge is 0.282 e. The Morgan fingerprint density at radius 1 is 0.806 bits per heavy atom. The van der Waals surface area contributed by atoms with E-state index in [1.165, 1.54) is 29.8 Å². The first-order valence-electron chi connectivity index (χ1n) is 10.2. The lowest BCUT2D eigenvalue weighted by atomic mass is 10.0. The van der Waals surface area contributed by atoms with E-state index >= 15 is 0 Å². The zero-order chi connectivity index (χ0) is 22.1. The summed E-state index contributed by atoms with van der Waals surface area (Å²) in [5.74, 6) is -0.909. The minimum absolute atomic E-state index is 0.175. The third-order valence-electron chi connectivity index (χ3n) is 5.36. The number of hydrogen-bond donors (Lipinski definition) is 1. The van der Waals surface area contributed by atoms with Crippen molar-refractivity contribution in [2.45, 2.75) is 26.7 Å². The van der Waals surface area contributed by atoms with Crippen LogP contribution >= 0.6 is 0 Å². The average Bonchev–Trinajstić information content (AvgIpc) is 2.99. The molecule has 0 aromatic heterocycles. The van der Waals surface area contributed by atoms with Crippen molar-refractivity contribution in [3.63, 3.8) is 0 Å². The lowest BCUT2D eigenvalue weighted by Gasteiger charge is -2.15. The number of carbonyl (C=O) groups excluding carboxylic acids is 2. The molecule has 0 spiro atoms. The molecule has 4 rings (SSSR count). The van der Waals surface area contributed by atoms with Crippen LogP contribution in [0.15, 0.2) is 78.5 Å². The Bertz CT molecular complexity index is 1160. The fourth-order valence-corrected chi connectivity index (χ4v) is 3.55. The quantitative estimate of drug-likeness (QED) is 0.549. The number of aryl methyl sites for hydroxylation is 1. The van der Waals surface area contributed by atoms with Gasteiger partial charge in [0.1, 0.15) is 11.5 Å². The van der Waals surface area contributed by atoms with Crippen molar-refractivity contribution in [3.8, 4) is 0 Å². The van der Waals surface area contributed by atoms with E-state index in [1.807, 2.05) is 43.3 Å². The topological polar surface area (TPSA) is 49.4 Å². The summed E-state index contributed by atoms with van der Waals surface area (Å²) in [4.78, 5) is 27.8. The summed E-state index contributed by atoms with van der Waals surface area (Å²) >= 11 is 0. The van der Waals surface area contributed by atoms with E-state index in [4.69, 9.17) is 0 Å². The van der Waals surface area contributed by atoms with E-state index in [-0.39, 0.29) is 11.3 Å². The Morgan fingerprint density at radius 2 is 1.42 bits per heavy atom. The van der Waals surface area contributed by atoms with Crippen LogP contribution in [0.2, 0.25) is 0 Å². The van der Waals surface area contributed by atoms with Crippen LogP contribution in [0.5, 0.6) is 0 Å². The fourth-order valence-electron chi connectivity index (χ4n) is 3.55. The summed E-state index contributed by atoms with van der Waals surface area (Å²) in [5.41, 5.74) is 4.27. The van der Waals surface area contributed by atoms with Crippen LogP contribution in [0.4, 0.5) is 15.8 Å². The summed E-state index contributed by atoms with van der Waals surface area (Å²) in [5, 5.41) is 3.14. The van der Waals surface area contributed by atoms with Gasteiger partial charge in [-0.3, -0.25) is 9.59 Å². The van der Waals surface area contributed by atoms with Gasteiger partial charge >= 0.3 is 0 Å². The second kappa shape index (κ2) is 8.19. The van der Waals surface area contributed by atoms with Crippen molar-refractivity contribution in [2.24, 2.45) is 0 Å². The van der Waals surface area contributed by atoms with Crippen molar-refractivity contribution in [1.82, 2.24) is 0 Å². The van der Waals surface area contributed by atoms with Crippen molar-refractivity contribution in [1.29, 1.82) is 0 Å². The molecule has 0 unspecified atom stereocenters. The number of hydrogen-bond acceptors (Lipinski definition) is 3. The molecule has 1 aliphatic heterocycles. The van der Waals surface area contributed by atoms with Crippen LogP contribution < -0.4 is 10.2 Å². The molecule has 1 N–H and O–H groups in total. The van der Waals surface area contributed by atoms with Crippen LogP contribution in [-0.2, 0) is 9.59 Å². The zero-order valence-corrected chi connectivity index (χ0v) is 17.6. The molecule has 4 nitrogen and oxygen atoms in total. The van der Waals surface area contributed by atoms with Crippen LogP contribution in [0, 0.1) is 12.7 Å². The molecule has 0 fully saturated rings. The van der Waals surface area contributed by atoms with Crippen LogP contribution in [0.3, 0.4) is 0 Å². The maximum Gasteiger partial charge on any atom is 0.282 e. The van der Waals surface area contributed by atoms with Crippen molar-refractivity contribution >= 4 is 28.8 Å². The first-order chi connectivity index (χ1) is 14.8. The molecule has 3 aromatic carbocycles. The van der Waals surface area contributed by atoms with Gasteiger partial charge in [0.15, 0.2) is 0 Å². The first-order valence-corrected chi connectivity index (χ1v) is 10.2. The lowest BCUT2D eigenvalue weighted by Crippen LogP contribution is -2.32. The molecule has 1 heterocycles. The molecule has 0 aliphatic carbocycles. The molecule has 0 radical (unpaired) electrons. The standard InChI is InChI=1S/C26H23FN2O2/c1-16(2)18-8-12-21(13-9-18)28-24-23(19-6-10-20(27)11-7-19)25(30)29(26(24)31)22-14-4-17(3)5-15-22/h4-16,28H,1-3H3. The zero-order valence-electron chi connectivity index (χ0n) is 17.6. The summed E-state index contributed by atoms with van der Waals surface area (Å²) in [6.07, 6.45) is 0. The molecular formula is C26H23FN2O2. The SMILES string of the molecule is Cc1ccc(N2C(=O)C(Nc3ccc(C(C)C)cc3)=C(c3ccc(F)cc3)C2=O)cc1. The number of nitrogens with one attached hydrogen (secondary N) is 1. The highest BCUT2D eigenvalue weighted by atomic mass is 19.1. The van der Waals surface area contributed by atoms with Gasteiger partial charge in [0.05, 0.1) is 11.3 Å². The van der Waals surface area contributed by atoms with Crippen molar-refractivity contribution in [3.05, 3.63) is 101 Å². The van der Waals surface area contributed by atoms with Gasteiger partial charge < -0.3 is 5.32 Å². The van der Waals surface area contributed by atoms with Crippen LogP contribution in [0.25, 0.3) is 5.57 Å². The second-order valence-electron chi connectivity index (χ2n) is 7.94. The maximum absolute atomic E-state index is 13.5. The molecule has 3 aromatic rings. The van der Waals surface area contributed by atoms with Crippen molar-refractivity contribution in [2.75, 3.05) is 10.2 Å². The molecular weight excluding hydrogens is 391 g/mol. The maximum atomic E-state index is 13.5. The lowest BCUT2D eigenvalue weighted by molar-refractivity contribution is -0.120. The minimum Gasteiger partial charge on any atom is -0.350 e. The van der Waals surface area contributed by atoms with E-state index in [1.54, 1.807) is 12.1 Å². The highest BCUT2D eigenvalue weighted by Gasteiger charge is 2.40. The molecule has 0 atom stereocenters. The largest absolute Gasteiger partial charge is 0.350 e. The van der Waals surface area contributed by atoms with Gasteiger partial charge in [0.2, 0.25) is 0 Å². The van der Waals surface area contributed by atoms with Gasteiger partial charge in [0.25, 0.3) is 11.8 Å². The van der Waals surface area contributed by atoms with Gasteiger partial charge in [-0.2, -0.15) is 0 Å². The minimum atomic E-state index is -0.443. The molecule has 31 heavy (non-hydrogen) atoms. The molecule has 0 saturated carbocycles. The third kappa shape index (κ3) is 3.99. The number of anilines is 2. The third-order valence-corrected chi connectivity index (χ3v) is 5.36. The molecule has 1 aliphatic rings. The van der Waals surface area contributed by atoms with Gasteiger partial charge in [-0.25, -0.2) is 9.29 Å². The van der Waals surface area contributed by atoms with E-state index < -0.39 is 17.6 Å². The van der Waals surface area contributed by atoms with E-state index in [0.29, 0.717) is 22.9 Å². The monoisotopic (exact) mass is 414 g/mol. The Kier molecular flexibility index (Phi) is 5.42. The van der Waals surface area contributed by atoms with Gasteiger partial charge in [-0.15, -0.1) is 0 Å². The van der Waals surface area contributed by atoms with Gasteiger partial charge in [-0.1, -0.05) is 55.8 Å². The van der Waals surface area contributed by atoms with E-state index in [2.05, 4.69) is 19.2 Å². The fraction of sp³-hybridized carbons (Fsp3) is 0.154. The number of nitrogens with zero attached hydrogens (tertiary/aromatic N) is 1. The van der Waals surface area contributed by atoms with Gasteiger partial charge in [-0.05, 0) is 60.4 Å². The second-order valence-corrected chi connectivity index (χ2v) is 7.94. The molecule has 156 valence electrons. The normalized spacial score (nSPS) is 14.0. The van der Waals surface area contributed by atoms with E-state index in [9.17, 15) is 14.0 Å². The molecule has 0 bridgehead atoms. The summed E-state index contributed by atoms with van der Waals surface area (Å²) in [7, 11) is 0. The highest BCUT2D eigenvalue weighted by molar-refractivity contribution is 6.46. The number of carbonyl (C=O) groups is 2. The Hall–Kier alpha value is -3.73. The summed E-state index contributed by atoms with van der Waals surface area (Å²) in [6, 6.07) is 20.5. The highest BCUT2D eigenvalue weighted by Crippen LogP contribution is 2.34. The predicted molar refractivity (Wildman–Crippen MR) is 121 cm³/mol. The predicted octanol–water partition coefficient (Wildman–Crippen LogP) is 5.65. The van der Waals surface area contributed by atoms with E-state index in [0.717, 1.165) is 10.5 Å². The van der Waals surface area contributed by atoms with Gasteiger partial charge in [0, 0.05) is 5.69 Å². The number of imide groups is 1. The molecule has 0 saturated heterocycles. The Morgan fingerprint density at radius 3 is 2.00 bits per heavy atom. The summed E-state index contributed by atoms with van der Waals surface area (Å²) in [6.45, 7) is 6.15.